The van der Waals surface area contributed by atoms with Crippen molar-refractivity contribution in [2.24, 2.45) is 0 Å². The van der Waals surface area contributed by atoms with Crippen LogP contribution in [0.5, 0.6) is 0 Å². The quantitative estimate of drug-likeness (QED) is 0.542. The van der Waals surface area contributed by atoms with E-state index in [-0.39, 0.29) is 5.78 Å². The summed E-state index contributed by atoms with van der Waals surface area (Å²) in [7, 11) is -1.22. The molecule has 0 radical (unpaired) electrons. The van der Waals surface area contributed by atoms with E-state index in [9.17, 15) is 9.90 Å². The van der Waals surface area contributed by atoms with Crippen LogP contribution in [0, 0.1) is 0 Å². The maximum atomic E-state index is 12.0. The summed E-state index contributed by atoms with van der Waals surface area (Å²) in [5.41, 5.74) is 5.11. The fraction of sp³-hybridized carbons (Fsp3) is 0.474. The van der Waals surface area contributed by atoms with Crippen LogP contribution in [0.2, 0.25) is 25.7 Å². The Labute approximate surface area is 135 Å². The highest BCUT2D eigenvalue weighted by molar-refractivity contribution is 6.76. The van der Waals surface area contributed by atoms with Gasteiger partial charge in [-0.15, -0.1) is 5.73 Å². The van der Waals surface area contributed by atoms with E-state index in [1.807, 2.05) is 30.3 Å². The Morgan fingerprint density at radius 1 is 1.27 bits per heavy atom. The van der Waals surface area contributed by atoms with Gasteiger partial charge in [-0.3, -0.25) is 4.79 Å². The summed E-state index contributed by atoms with van der Waals surface area (Å²) in [6.07, 6.45) is 1.51. The molecule has 22 heavy (non-hydrogen) atoms. The molecule has 0 spiro atoms. The third-order valence-electron chi connectivity index (χ3n) is 3.48. The van der Waals surface area contributed by atoms with E-state index in [1.165, 1.54) is 0 Å². The number of Topliss-reactive ketones (excluding diaryl/α,β-unsaturated/α-hetero) is 1. The number of benzene rings is 1. The second-order valence-electron chi connectivity index (χ2n) is 7.12. The van der Waals surface area contributed by atoms with Crippen LogP contribution in [-0.4, -0.2) is 25.1 Å². The van der Waals surface area contributed by atoms with E-state index in [4.69, 9.17) is 0 Å². The highest BCUT2D eigenvalue weighted by Gasteiger charge is 2.18. The van der Waals surface area contributed by atoms with Crippen molar-refractivity contribution in [3.63, 3.8) is 0 Å². The topological polar surface area (TPSA) is 37.3 Å². The predicted molar refractivity (Wildman–Crippen MR) is 95.8 cm³/mol. The van der Waals surface area contributed by atoms with E-state index in [2.05, 4.69) is 32.0 Å². The van der Waals surface area contributed by atoms with Crippen molar-refractivity contribution < 1.29 is 9.90 Å². The minimum Gasteiger partial charge on any atom is -0.393 e. The molecular weight excluding hydrogens is 288 g/mol. The van der Waals surface area contributed by atoms with Crippen LogP contribution >= 0.6 is 0 Å². The molecule has 120 valence electrons. The predicted octanol–water partition coefficient (Wildman–Crippen LogP) is 4.38. The minimum absolute atomic E-state index is 0.180. The second kappa shape index (κ2) is 8.89. The van der Waals surface area contributed by atoms with Gasteiger partial charge in [-0.2, -0.15) is 0 Å². The van der Waals surface area contributed by atoms with Gasteiger partial charge < -0.3 is 5.11 Å². The van der Waals surface area contributed by atoms with Crippen LogP contribution < -0.4 is 0 Å². The summed E-state index contributed by atoms with van der Waals surface area (Å²) < 4.78 is 0. The summed E-state index contributed by atoms with van der Waals surface area (Å²) in [5, 5.41) is 10.1. The molecule has 0 aliphatic rings. The summed E-state index contributed by atoms with van der Waals surface area (Å²) in [6, 6.07) is 10.7. The molecule has 0 saturated heterocycles. The summed E-state index contributed by atoms with van der Waals surface area (Å²) in [5.74, 6) is 0.180. The first-order chi connectivity index (χ1) is 10.3. The Balaban J connectivity index is 2.37. The molecule has 1 rings (SSSR count). The van der Waals surface area contributed by atoms with Crippen molar-refractivity contribution in [3.8, 4) is 0 Å². The number of rotatable bonds is 9. The molecule has 3 heteroatoms. The monoisotopic (exact) mass is 316 g/mol. The highest BCUT2D eigenvalue weighted by atomic mass is 28.3. The Hall–Kier alpha value is -1.41. The van der Waals surface area contributed by atoms with Gasteiger partial charge in [-0.1, -0.05) is 56.6 Å². The van der Waals surface area contributed by atoms with Gasteiger partial charge >= 0.3 is 0 Å². The Morgan fingerprint density at radius 2 is 1.91 bits per heavy atom. The molecule has 1 atom stereocenters. The molecule has 0 bridgehead atoms. The minimum atomic E-state index is -1.22. The average molecular weight is 317 g/mol. The molecule has 1 N–H and O–H groups in total. The lowest BCUT2D eigenvalue weighted by Crippen LogP contribution is -2.21. The van der Waals surface area contributed by atoms with Gasteiger partial charge in [0, 0.05) is 27.3 Å². The Kier molecular flexibility index (Phi) is 7.53. The van der Waals surface area contributed by atoms with Crippen molar-refractivity contribution in [2.75, 3.05) is 0 Å². The van der Waals surface area contributed by atoms with Gasteiger partial charge in [0.15, 0.2) is 0 Å². The summed E-state index contributed by atoms with van der Waals surface area (Å²) >= 11 is 0. The van der Waals surface area contributed by atoms with Crippen molar-refractivity contribution in [1.82, 2.24) is 0 Å². The zero-order chi connectivity index (χ0) is 16.6. The van der Waals surface area contributed by atoms with Crippen molar-refractivity contribution >= 4 is 13.9 Å². The fourth-order valence-electron chi connectivity index (χ4n) is 2.47. The third kappa shape index (κ3) is 8.13. The molecule has 2 nitrogen and oxygen atoms in total. The normalized spacial score (nSPS) is 12.5. The van der Waals surface area contributed by atoms with Crippen molar-refractivity contribution in [2.45, 2.75) is 57.5 Å². The van der Waals surface area contributed by atoms with E-state index in [0.29, 0.717) is 25.7 Å². The van der Waals surface area contributed by atoms with E-state index in [1.54, 1.807) is 0 Å². The highest BCUT2D eigenvalue weighted by Crippen LogP contribution is 2.21. The molecule has 0 saturated carbocycles. The van der Waals surface area contributed by atoms with E-state index >= 15 is 0 Å². The molecule has 1 aromatic rings. The average Bonchev–Trinajstić information content (AvgIpc) is 2.44. The SMILES string of the molecule is C=C=C(CC(O)CCC(=O)Cc1ccccc1)C[Si](C)(C)C. The molecule has 0 heterocycles. The molecule has 0 fully saturated rings. The van der Waals surface area contributed by atoms with Crippen LogP contribution in [0.15, 0.2) is 48.2 Å². The van der Waals surface area contributed by atoms with Gasteiger partial charge in [0.1, 0.15) is 5.78 Å². The lowest BCUT2D eigenvalue weighted by Gasteiger charge is -2.19. The van der Waals surface area contributed by atoms with Crippen LogP contribution in [0.3, 0.4) is 0 Å². The molecule has 0 aliphatic heterocycles. The maximum Gasteiger partial charge on any atom is 0.137 e. The molecule has 0 aliphatic carbocycles. The maximum absolute atomic E-state index is 12.0. The largest absolute Gasteiger partial charge is 0.393 e. The first-order valence-corrected chi connectivity index (χ1v) is 11.6. The zero-order valence-electron chi connectivity index (χ0n) is 14.1. The number of aliphatic hydroxyl groups is 1. The second-order valence-corrected chi connectivity index (χ2v) is 12.6. The van der Waals surface area contributed by atoms with Gasteiger partial charge in [-0.25, -0.2) is 0 Å². The lowest BCUT2D eigenvalue weighted by molar-refractivity contribution is -0.119. The third-order valence-corrected chi connectivity index (χ3v) is 4.96. The van der Waals surface area contributed by atoms with Gasteiger partial charge in [0.05, 0.1) is 6.10 Å². The van der Waals surface area contributed by atoms with Crippen LogP contribution in [0.1, 0.15) is 24.8 Å². The number of hydrogen-bond acceptors (Lipinski definition) is 2. The number of carbonyl (C=O) groups excluding carboxylic acids is 1. The number of aliphatic hydroxyl groups excluding tert-OH is 1. The van der Waals surface area contributed by atoms with Gasteiger partial charge in [0.2, 0.25) is 0 Å². The zero-order valence-corrected chi connectivity index (χ0v) is 15.1. The van der Waals surface area contributed by atoms with Crippen molar-refractivity contribution in [1.29, 1.82) is 0 Å². The first kappa shape index (κ1) is 18.6. The molecule has 0 aromatic heterocycles. The molecule has 0 amide bonds. The number of ketones is 1. The molecular formula is C19H28O2Si. The van der Waals surface area contributed by atoms with E-state index in [0.717, 1.165) is 17.2 Å². The Bertz CT molecular complexity index is 522. The van der Waals surface area contributed by atoms with Crippen molar-refractivity contribution in [3.05, 3.63) is 53.8 Å². The van der Waals surface area contributed by atoms with E-state index < -0.39 is 14.2 Å². The lowest BCUT2D eigenvalue weighted by atomic mass is 10.0. The van der Waals surface area contributed by atoms with Gasteiger partial charge in [0.25, 0.3) is 0 Å². The number of hydrogen-bond donors (Lipinski definition) is 1. The smallest absolute Gasteiger partial charge is 0.137 e. The number of carbonyl (C=O) groups is 1. The standard InChI is InChI=1S/C19H28O2Si/c1-5-16(15-22(2,3)4)13-18(20)11-12-19(21)14-17-9-7-6-8-10-17/h6-10,18,20H,1,11-15H2,2-4H3. The summed E-state index contributed by atoms with van der Waals surface area (Å²) in [6.45, 7) is 10.6. The fourth-order valence-corrected chi connectivity index (χ4v) is 4.02. The molecule has 1 aromatic carbocycles. The van der Waals surface area contributed by atoms with Gasteiger partial charge in [-0.05, 0) is 23.6 Å². The van der Waals surface area contributed by atoms with Crippen LogP contribution in [0.25, 0.3) is 0 Å². The van der Waals surface area contributed by atoms with Crippen LogP contribution in [0.4, 0.5) is 0 Å². The summed E-state index contributed by atoms with van der Waals surface area (Å²) in [4.78, 5) is 12.0. The Morgan fingerprint density at radius 3 is 2.45 bits per heavy atom. The first-order valence-electron chi connectivity index (χ1n) is 7.91. The van der Waals surface area contributed by atoms with Crippen LogP contribution in [-0.2, 0) is 11.2 Å². The molecule has 1 unspecified atom stereocenters.